The van der Waals surface area contributed by atoms with E-state index in [4.69, 9.17) is 27.9 Å². The summed E-state index contributed by atoms with van der Waals surface area (Å²) in [7, 11) is 0. The number of carbonyl (C=O) groups is 1. The van der Waals surface area contributed by atoms with Gasteiger partial charge in [-0.2, -0.15) is 0 Å². The molecule has 0 aliphatic heterocycles. The highest BCUT2D eigenvalue weighted by Crippen LogP contribution is 2.25. The van der Waals surface area contributed by atoms with Crippen molar-refractivity contribution < 1.29 is 14.5 Å². The number of anilines is 1. The number of rotatable bonds is 5. The van der Waals surface area contributed by atoms with E-state index in [0.717, 1.165) is 0 Å². The van der Waals surface area contributed by atoms with Gasteiger partial charge in [-0.3, -0.25) is 14.9 Å². The Balaban J connectivity index is 1.94. The van der Waals surface area contributed by atoms with Crippen LogP contribution in [0, 0.1) is 10.1 Å². The Morgan fingerprint density at radius 2 is 1.95 bits per heavy atom. The van der Waals surface area contributed by atoms with Crippen molar-refractivity contribution in [2.24, 2.45) is 0 Å². The number of ether oxygens (including phenoxy) is 1. The monoisotopic (exact) mass is 340 g/mol. The van der Waals surface area contributed by atoms with E-state index in [1.54, 1.807) is 12.1 Å². The Morgan fingerprint density at radius 1 is 1.18 bits per heavy atom. The Kier molecular flexibility index (Phi) is 5.19. The van der Waals surface area contributed by atoms with Gasteiger partial charge in [0.15, 0.2) is 6.61 Å². The van der Waals surface area contributed by atoms with Crippen LogP contribution in [0.5, 0.6) is 5.75 Å². The predicted molar refractivity (Wildman–Crippen MR) is 83.7 cm³/mol. The number of hydrogen-bond donors (Lipinski definition) is 1. The third-order valence-corrected chi connectivity index (χ3v) is 3.34. The summed E-state index contributed by atoms with van der Waals surface area (Å²) in [6.45, 7) is -0.290. The maximum atomic E-state index is 11.8. The van der Waals surface area contributed by atoms with Crippen molar-refractivity contribution in [3.63, 3.8) is 0 Å². The Bertz CT molecular complexity index is 722. The fourth-order valence-corrected chi connectivity index (χ4v) is 1.90. The summed E-state index contributed by atoms with van der Waals surface area (Å²) in [5.74, 6) is -0.191. The minimum absolute atomic E-state index is 0.109. The van der Waals surface area contributed by atoms with Gasteiger partial charge in [0.1, 0.15) is 5.75 Å². The number of nitro benzene ring substituents is 1. The van der Waals surface area contributed by atoms with E-state index < -0.39 is 10.8 Å². The second kappa shape index (κ2) is 7.11. The number of nitro groups is 1. The van der Waals surface area contributed by atoms with Crippen molar-refractivity contribution in [2.75, 3.05) is 11.9 Å². The molecule has 0 aliphatic carbocycles. The first-order valence-corrected chi connectivity index (χ1v) is 6.83. The lowest BCUT2D eigenvalue weighted by Crippen LogP contribution is -2.20. The molecule has 0 heterocycles. The van der Waals surface area contributed by atoms with Crippen LogP contribution in [0.2, 0.25) is 10.0 Å². The normalized spacial score (nSPS) is 10.1. The molecule has 22 heavy (non-hydrogen) atoms. The zero-order valence-electron chi connectivity index (χ0n) is 11.1. The number of amides is 1. The molecule has 2 rings (SSSR count). The van der Waals surface area contributed by atoms with Crippen molar-refractivity contribution in [1.29, 1.82) is 0 Å². The van der Waals surface area contributed by atoms with Gasteiger partial charge in [0.2, 0.25) is 0 Å². The molecule has 0 fully saturated rings. The summed E-state index contributed by atoms with van der Waals surface area (Å²) in [4.78, 5) is 21.9. The standard InChI is InChI=1S/C14H10Cl2N2O4/c15-12-5-4-9(6-13(12)16)17-14(19)8-22-11-3-1-2-10(7-11)18(20)21/h1-7H,8H2,(H,17,19). The number of non-ortho nitro benzene ring substituents is 1. The molecule has 1 N–H and O–H groups in total. The molecule has 0 atom stereocenters. The smallest absolute Gasteiger partial charge is 0.273 e. The number of carbonyl (C=O) groups excluding carboxylic acids is 1. The third kappa shape index (κ3) is 4.34. The lowest BCUT2D eigenvalue weighted by molar-refractivity contribution is -0.384. The molecule has 8 heteroatoms. The maximum Gasteiger partial charge on any atom is 0.273 e. The SMILES string of the molecule is O=C(COc1cccc([N+](=O)[O-])c1)Nc1ccc(Cl)c(Cl)c1. The second-order valence-electron chi connectivity index (χ2n) is 4.22. The quantitative estimate of drug-likeness (QED) is 0.660. The van der Waals surface area contributed by atoms with Gasteiger partial charge in [0.25, 0.3) is 11.6 Å². The van der Waals surface area contributed by atoms with E-state index in [9.17, 15) is 14.9 Å². The summed E-state index contributed by atoms with van der Waals surface area (Å²) in [6.07, 6.45) is 0. The number of benzene rings is 2. The largest absolute Gasteiger partial charge is 0.484 e. The molecule has 2 aromatic carbocycles. The first kappa shape index (κ1) is 16.1. The van der Waals surface area contributed by atoms with E-state index >= 15 is 0 Å². The first-order valence-electron chi connectivity index (χ1n) is 6.08. The topological polar surface area (TPSA) is 81.5 Å². The number of hydrogen-bond acceptors (Lipinski definition) is 4. The average Bonchev–Trinajstić information content (AvgIpc) is 2.49. The number of nitrogens with zero attached hydrogens (tertiary/aromatic N) is 1. The summed E-state index contributed by atoms with van der Waals surface area (Å²) >= 11 is 11.6. The van der Waals surface area contributed by atoms with Gasteiger partial charge in [-0.05, 0) is 24.3 Å². The molecule has 0 bridgehead atoms. The van der Waals surface area contributed by atoms with Crippen molar-refractivity contribution in [2.45, 2.75) is 0 Å². The van der Waals surface area contributed by atoms with E-state index in [1.807, 2.05) is 0 Å². The highest BCUT2D eigenvalue weighted by molar-refractivity contribution is 6.42. The Hall–Kier alpha value is -2.31. The minimum atomic E-state index is -0.539. The number of halogens is 2. The van der Waals surface area contributed by atoms with Gasteiger partial charge in [-0.15, -0.1) is 0 Å². The Morgan fingerprint density at radius 3 is 2.64 bits per heavy atom. The van der Waals surface area contributed by atoms with E-state index in [1.165, 1.54) is 30.3 Å². The lowest BCUT2D eigenvalue weighted by Gasteiger charge is -2.08. The third-order valence-electron chi connectivity index (χ3n) is 2.60. The van der Waals surface area contributed by atoms with Gasteiger partial charge >= 0.3 is 0 Å². The fraction of sp³-hybridized carbons (Fsp3) is 0.0714. The lowest BCUT2D eigenvalue weighted by atomic mass is 10.3. The van der Waals surface area contributed by atoms with Crippen LogP contribution in [-0.4, -0.2) is 17.4 Å². The van der Waals surface area contributed by atoms with Gasteiger partial charge in [0, 0.05) is 11.8 Å². The highest BCUT2D eigenvalue weighted by Gasteiger charge is 2.09. The summed E-state index contributed by atoms with van der Waals surface area (Å²) in [6, 6.07) is 10.2. The molecule has 114 valence electrons. The molecule has 1 amide bonds. The maximum absolute atomic E-state index is 11.8. The molecule has 2 aromatic rings. The summed E-state index contributed by atoms with van der Waals surface area (Å²) in [5.41, 5.74) is 0.365. The van der Waals surface area contributed by atoms with Crippen LogP contribution in [0.1, 0.15) is 0 Å². The minimum Gasteiger partial charge on any atom is -0.484 e. The molecule has 0 spiro atoms. The van der Waals surface area contributed by atoms with Crippen molar-refractivity contribution in [3.8, 4) is 5.75 Å². The molecule has 0 aliphatic rings. The average molecular weight is 341 g/mol. The molecule has 0 saturated heterocycles. The van der Waals surface area contributed by atoms with Crippen LogP contribution in [0.3, 0.4) is 0 Å². The van der Waals surface area contributed by atoms with Gasteiger partial charge in [0.05, 0.1) is 21.0 Å². The number of nitrogens with one attached hydrogen (secondary N) is 1. The van der Waals surface area contributed by atoms with Crippen LogP contribution >= 0.6 is 23.2 Å². The van der Waals surface area contributed by atoms with Crippen LogP contribution in [0.15, 0.2) is 42.5 Å². The summed E-state index contributed by atoms with van der Waals surface area (Å²) in [5, 5.41) is 13.9. The summed E-state index contributed by atoms with van der Waals surface area (Å²) < 4.78 is 5.21. The molecule has 0 aromatic heterocycles. The van der Waals surface area contributed by atoms with Crippen molar-refractivity contribution >= 4 is 40.5 Å². The second-order valence-corrected chi connectivity index (χ2v) is 5.03. The van der Waals surface area contributed by atoms with Gasteiger partial charge in [-0.25, -0.2) is 0 Å². The van der Waals surface area contributed by atoms with Crippen LogP contribution in [0.25, 0.3) is 0 Å². The van der Waals surface area contributed by atoms with Crippen LogP contribution < -0.4 is 10.1 Å². The van der Waals surface area contributed by atoms with Crippen LogP contribution in [0.4, 0.5) is 11.4 Å². The van der Waals surface area contributed by atoms with Crippen molar-refractivity contribution in [3.05, 3.63) is 62.6 Å². The fourth-order valence-electron chi connectivity index (χ4n) is 1.61. The van der Waals surface area contributed by atoms with Gasteiger partial charge in [-0.1, -0.05) is 29.3 Å². The molecular formula is C14H10Cl2N2O4. The van der Waals surface area contributed by atoms with Crippen molar-refractivity contribution in [1.82, 2.24) is 0 Å². The molecule has 0 radical (unpaired) electrons. The molecule has 0 unspecified atom stereocenters. The predicted octanol–water partition coefficient (Wildman–Crippen LogP) is 3.92. The zero-order chi connectivity index (χ0) is 16.1. The van der Waals surface area contributed by atoms with E-state index in [-0.39, 0.29) is 18.0 Å². The van der Waals surface area contributed by atoms with Crippen LogP contribution in [-0.2, 0) is 4.79 Å². The highest BCUT2D eigenvalue weighted by atomic mass is 35.5. The van der Waals surface area contributed by atoms with E-state index in [2.05, 4.69) is 5.32 Å². The first-order chi connectivity index (χ1) is 10.5. The van der Waals surface area contributed by atoms with Gasteiger partial charge < -0.3 is 10.1 Å². The molecule has 0 saturated carbocycles. The zero-order valence-corrected chi connectivity index (χ0v) is 12.6. The molecule has 6 nitrogen and oxygen atoms in total. The molecular weight excluding hydrogens is 331 g/mol. The van der Waals surface area contributed by atoms with E-state index in [0.29, 0.717) is 15.7 Å². The Labute approximate surface area is 135 Å².